The molecule has 5 heteroatoms. The van der Waals surface area contributed by atoms with E-state index >= 15 is 0 Å². The zero-order chi connectivity index (χ0) is 18.0. The van der Waals surface area contributed by atoms with Gasteiger partial charge in [-0.15, -0.1) is 0 Å². The Morgan fingerprint density at radius 3 is 2.52 bits per heavy atom. The van der Waals surface area contributed by atoms with Crippen LogP contribution in [0.1, 0.15) is 45.1 Å². The summed E-state index contributed by atoms with van der Waals surface area (Å²) in [5.41, 5.74) is 2.18. The summed E-state index contributed by atoms with van der Waals surface area (Å²) in [6, 6.07) is 8.11. The van der Waals surface area contributed by atoms with Gasteiger partial charge in [0, 0.05) is 31.9 Å². The first-order chi connectivity index (χ1) is 12.0. The van der Waals surface area contributed by atoms with Crippen molar-refractivity contribution in [3.05, 3.63) is 29.8 Å². The maximum Gasteiger partial charge on any atom is 0.325 e. The molecule has 1 aromatic carbocycles. The van der Waals surface area contributed by atoms with E-state index in [-0.39, 0.29) is 18.5 Å². The minimum absolute atomic E-state index is 0.0595. The first kappa shape index (κ1) is 17.8. The summed E-state index contributed by atoms with van der Waals surface area (Å²) in [4.78, 5) is 30.6. The summed E-state index contributed by atoms with van der Waals surface area (Å²) in [5, 5.41) is 0. The Morgan fingerprint density at radius 2 is 1.88 bits per heavy atom. The van der Waals surface area contributed by atoms with Crippen LogP contribution in [0, 0.1) is 5.92 Å². The topological polar surface area (TPSA) is 43.9 Å². The van der Waals surface area contributed by atoms with Crippen molar-refractivity contribution in [2.45, 2.75) is 39.5 Å². The molecule has 1 atom stereocenters. The number of benzene rings is 1. The highest BCUT2D eigenvalue weighted by atomic mass is 16.2. The van der Waals surface area contributed by atoms with Crippen molar-refractivity contribution in [2.75, 3.05) is 37.6 Å². The number of anilines is 1. The minimum Gasteiger partial charge on any atom is -0.341 e. The van der Waals surface area contributed by atoms with Crippen LogP contribution in [0.4, 0.5) is 10.5 Å². The predicted octanol–water partition coefficient (Wildman–Crippen LogP) is 3.31. The van der Waals surface area contributed by atoms with E-state index in [2.05, 4.69) is 32.9 Å². The van der Waals surface area contributed by atoms with Crippen molar-refractivity contribution < 1.29 is 9.59 Å². The summed E-state index contributed by atoms with van der Waals surface area (Å²) in [6.45, 7) is 9.60. The van der Waals surface area contributed by atoms with Crippen LogP contribution in [-0.2, 0) is 4.79 Å². The van der Waals surface area contributed by atoms with E-state index < -0.39 is 0 Å². The lowest BCUT2D eigenvalue weighted by atomic mass is 10.0. The van der Waals surface area contributed by atoms with Crippen LogP contribution in [0.15, 0.2) is 24.3 Å². The Morgan fingerprint density at radius 1 is 1.16 bits per heavy atom. The van der Waals surface area contributed by atoms with Crippen LogP contribution < -0.4 is 4.90 Å². The van der Waals surface area contributed by atoms with E-state index in [1.54, 1.807) is 9.80 Å². The molecule has 25 heavy (non-hydrogen) atoms. The number of amides is 3. The minimum atomic E-state index is -0.0595. The second kappa shape index (κ2) is 7.46. The number of hydrogen-bond donors (Lipinski definition) is 0. The van der Waals surface area contributed by atoms with Gasteiger partial charge < -0.3 is 9.80 Å². The normalized spacial score (nSPS) is 21.4. The smallest absolute Gasteiger partial charge is 0.325 e. The summed E-state index contributed by atoms with van der Waals surface area (Å²) in [6.07, 6.45) is 2.25. The molecule has 0 N–H and O–H groups in total. The second-order valence-corrected chi connectivity index (χ2v) is 7.69. The number of rotatable bonds is 4. The fraction of sp³-hybridized carbons (Fsp3) is 0.600. The molecule has 0 saturated carbocycles. The third kappa shape index (κ3) is 3.97. The van der Waals surface area contributed by atoms with Crippen molar-refractivity contribution in [2.24, 2.45) is 5.92 Å². The fourth-order valence-corrected chi connectivity index (χ4v) is 3.69. The number of nitrogens with zero attached hydrogens (tertiary/aromatic N) is 3. The molecule has 0 aromatic heterocycles. The van der Waals surface area contributed by atoms with Crippen molar-refractivity contribution >= 4 is 17.6 Å². The van der Waals surface area contributed by atoms with Gasteiger partial charge in [-0.1, -0.05) is 32.9 Å². The largest absolute Gasteiger partial charge is 0.341 e. The highest BCUT2D eigenvalue weighted by Crippen LogP contribution is 2.24. The highest BCUT2D eigenvalue weighted by molar-refractivity contribution is 5.96. The average Bonchev–Trinajstić information content (AvgIpc) is 2.95. The van der Waals surface area contributed by atoms with Gasteiger partial charge >= 0.3 is 6.03 Å². The van der Waals surface area contributed by atoms with Crippen molar-refractivity contribution in [3.8, 4) is 0 Å². The molecule has 5 nitrogen and oxygen atoms in total. The summed E-state index contributed by atoms with van der Waals surface area (Å²) in [7, 11) is 0. The maximum absolute atomic E-state index is 12.7. The SMILES string of the molecule is CC1CCCN(C(=O)CN2CCN(c3ccc(C(C)C)cc3)C2=O)C1. The molecule has 2 aliphatic rings. The molecule has 2 fully saturated rings. The Bertz CT molecular complexity index is 626. The van der Waals surface area contributed by atoms with Gasteiger partial charge in [-0.05, 0) is 42.4 Å². The van der Waals surface area contributed by atoms with Crippen LogP contribution in [0.2, 0.25) is 0 Å². The third-order valence-corrected chi connectivity index (χ3v) is 5.30. The van der Waals surface area contributed by atoms with E-state index in [9.17, 15) is 9.59 Å². The molecule has 136 valence electrons. The fourth-order valence-electron chi connectivity index (χ4n) is 3.69. The van der Waals surface area contributed by atoms with Gasteiger partial charge in [0.2, 0.25) is 5.91 Å². The number of hydrogen-bond acceptors (Lipinski definition) is 2. The van der Waals surface area contributed by atoms with Gasteiger partial charge in [-0.2, -0.15) is 0 Å². The number of likely N-dealkylation sites (tertiary alicyclic amines) is 1. The molecule has 0 bridgehead atoms. The van der Waals surface area contributed by atoms with Crippen LogP contribution in [0.3, 0.4) is 0 Å². The first-order valence-corrected chi connectivity index (χ1v) is 9.40. The lowest BCUT2D eigenvalue weighted by Gasteiger charge is -2.32. The van der Waals surface area contributed by atoms with Gasteiger partial charge in [0.05, 0.1) is 0 Å². The van der Waals surface area contributed by atoms with Gasteiger partial charge in [0.1, 0.15) is 6.54 Å². The predicted molar refractivity (Wildman–Crippen MR) is 99.8 cm³/mol. The monoisotopic (exact) mass is 343 g/mol. The molecule has 3 amide bonds. The van der Waals surface area contributed by atoms with Gasteiger partial charge in [-0.3, -0.25) is 9.69 Å². The van der Waals surface area contributed by atoms with E-state index in [0.29, 0.717) is 24.9 Å². The molecule has 0 radical (unpaired) electrons. The summed E-state index contributed by atoms with van der Waals surface area (Å²) in [5.74, 6) is 1.12. The molecule has 1 unspecified atom stereocenters. The lowest BCUT2D eigenvalue weighted by Crippen LogP contribution is -2.45. The number of carbonyl (C=O) groups is 2. The molecule has 0 aliphatic carbocycles. The lowest BCUT2D eigenvalue weighted by molar-refractivity contribution is -0.133. The van der Waals surface area contributed by atoms with Crippen LogP contribution >= 0.6 is 0 Å². The van der Waals surface area contributed by atoms with Crippen molar-refractivity contribution in [3.63, 3.8) is 0 Å². The van der Waals surface area contributed by atoms with E-state index in [1.807, 2.05) is 17.0 Å². The second-order valence-electron chi connectivity index (χ2n) is 7.69. The zero-order valence-electron chi connectivity index (χ0n) is 15.6. The molecule has 3 rings (SSSR count). The maximum atomic E-state index is 12.7. The molecule has 2 aliphatic heterocycles. The summed E-state index contributed by atoms with van der Waals surface area (Å²) < 4.78 is 0. The Kier molecular flexibility index (Phi) is 5.30. The average molecular weight is 343 g/mol. The van der Waals surface area contributed by atoms with Crippen molar-refractivity contribution in [1.82, 2.24) is 9.80 Å². The Hall–Kier alpha value is -2.04. The quantitative estimate of drug-likeness (QED) is 0.842. The number of urea groups is 1. The third-order valence-electron chi connectivity index (χ3n) is 5.30. The standard InChI is InChI=1S/C20H29N3O2/c1-15(2)17-6-8-18(9-7-17)23-12-11-22(20(23)25)14-19(24)21-10-4-5-16(3)13-21/h6-9,15-16H,4-5,10-14H2,1-3H3. The number of carbonyl (C=O) groups excluding carboxylic acids is 2. The van der Waals surface area contributed by atoms with Crippen LogP contribution in [0.25, 0.3) is 0 Å². The van der Waals surface area contributed by atoms with Crippen LogP contribution in [0.5, 0.6) is 0 Å². The van der Waals surface area contributed by atoms with Gasteiger partial charge in [0.15, 0.2) is 0 Å². The summed E-state index contributed by atoms with van der Waals surface area (Å²) >= 11 is 0. The van der Waals surface area contributed by atoms with Gasteiger partial charge in [0.25, 0.3) is 0 Å². The highest BCUT2D eigenvalue weighted by Gasteiger charge is 2.32. The Balaban J connectivity index is 1.60. The van der Waals surface area contributed by atoms with Gasteiger partial charge in [-0.25, -0.2) is 4.79 Å². The van der Waals surface area contributed by atoms with Crippen molar-refractivity contribution in [1.29, 1.82) is 0 Å². The first-order valence-electron chi connectivity index (χ1n) is 9.40. The molecule has 1 aromatic rings. The molecule has 2 saturated heterocycles. The van der Waals surface area contributed by atoms with E-state index in [4.69, 9.17) is 0 Å². The van der Waals surface area contributed by atoms with E-state index in [0.717, 1.165) is 25.2 Å². The van der Waals surface area contributed by atoms with Crippen LogP contribution in [-0.4, -0.2) is 54.5 Å². The molecular weight excluding hydrogens is 314 g/mol. The Labute approximate surface area is 150 Å². The zero-order valence-corrected chi connectivity index (χ0v) is 15.6. The molecule has 2 heterocycles. The molecular formula is C20H29N3O2. The molecule has 0 spiro atoms. The van der Waals surface area contributed by atoms with E-state index in [1.165, 1.54) is 12.0 Å². The number of piperidine rings is 1.